The average molecular weight is 372 g/mol. The van der Waals surface area contributed by atoms with E-state index >= 15 is 0 Å². The molecule has 1 aromatic heterocycles. The van der Waals surface area contributed by atoms with Crippen LogP contribution < -0.4 is 16.0 Å². The minimum Gasteiger partial charge on any atom is -0.355 e. The number of carbonyl (C=O) groups excluding carboxylic acids is 3. The summed E-state index contributed by atoms with van der Waals surface area (Å²) in [6, 6.07) is 8.11. The van der Waals surface area contributed by atoms with Gasteiger partial charge in [0.25, 0.3) is 17.7 Å². The van der Waals surface area contributed by atoms with Gasteiger partial charge < -0.3 is 16.0 Å². The van der Waals surface area contributed by atoms with Crippen molar-refractivity contribution in [2.75, 3.05) is 25.7 Å². The van der Waals surface area contributed by atoms with E-state index in [9.17, 15) is 14.4 Å². The molecule has 8 heteroatoms. The van der Waals surface area contributed by atoms with Crippen LogP contribution in [0.1, 0.15) is 36.8 Å². The summed E-state index contributed by atoms with van der Waals surface area (Å²) in [5, 5.41) is 7.74. The van der Waals surface area contributed by atoms with Gasteiger partial charge in [-0.1, -0.05) is 6.07 Å². The third kappa shape index (κ3) is 4.60. The molecule has 0 spiro atoms. The van der Waals surface area contributed by atoms with Crippen molar-refractivity contribution in [2.45, 2.75) is 5.75 Å². The van der Waals surface area contributed by atoms with Gasteiger partial charge in [0, 0.05) is 42.9 Å². The summed E-state index contributed by atoms with van der Waals surface area (Å²) in [6.45, 7) is 0. The second-order valence-corrected chi connectivity index (χ2v) is 6.22. The SMILES string of the molecule is CNC(=O)c1cc(NC(=O)c2ncccc2CSC)cc(C(=O)NC)c1. The molecule has 2 rings (SSSR count). The Morgan fingerprint density at radius 3 is 2.15 bits per heavy atom. The number of thioether (sulfide) groups is 1. The lowest BCUT2D eigenvalue weighted by molar-refractivity contribution is 0.0960. The number of hydrogen-bond acceptors (Lipinski definition) is 5. The van der Waals surface area contributed by atoms with Crippen molar-refractivity contribution in [1.29, 1.82) is 0 Å². The van der Waals surface area contributed by atoms with E-state index in [1.807, 2.05) is 12.3 Å². The van der Waals surface area contributed by atoms with Gasteiger partial charge >= 0.3 is 0 Å². The molecule has 0 atom stereocenters. The molecule has 3 amide bonds. The lowest BCUT2D eigenvalue weighted by Crippen LogP contribution is -2.22. The van der Waals surface area contributed by atoms with Crippen LogP contribution >= 0.6 is 11.8 Å². The van der Waals surface area contributed by atoms with E-state index < -0.39 is 5.91 Å². The van der Waals surface area contributed by atoms with Crippen molar-refractivity contribution in [1.82, 2.24) is 15.6 Å². The second-order valence-electron chi connectivity index (χ2n) is 5.36. The summed E-state index contributed by atoms with van der Waals surface area (Å²) in [5.41, 5.74) is 2.01. The summed E-state index contributed by atoms with van der Waals surface area (Å²) in [7, 11) is 2.99. The molecule has 2 aromatic rings. The van der Waals surface area contributed by atoms with Gasteiger partial charge in [-0.05, 0) is 36.1 Å². The van der Waals surface area contributed by atoms with Crippen LogP contribution in [-0.4, -0.2) is 43.1 Å². The maximum Gasteiger partial charge on any atom is 0.274 e. The van der Waals surface area contributed by atoms with Crippen LogP contribution in [0.15, 0.2) is 36.5 Å². The number of amides is 3. The smallest absolute Gasteiger partial charge is 0.274 e. The summed E-state index contributed by atoms with van der Waals surface area (Å²) in [4.78, 5) is 40.7. The van der Waals surface area contributed by atoms with E-state index in [1.165, 1.54) is 32.3 Å². The number of nitrogens with one attached hydrogen (secondary N) is 3. The summed E-state index contributed by atoms with van der Waals surface area (Å²) >= 11 is 1.59. The van der Waals surface area contributed by atoms with E-state index in [0.29, 0.717) is 17.1 Å². The van der Waals surface area contributed by atoms with E-state index in [0.717, 1.165) is 5.56 Å². The second kappa shape index (κ2) is 9.00. The fourth-order valence-electron chi connectivity index (χ4n) is 2.36. The molecule has 136 valence electrons. The number of benzene rings is 1. The molecule has 0 aliphatic heterocycles. The number of hydrogen-bond donors (Lipinski definition) is 3. The molecule has 0 saturated carbocycles. The Bertz CT molecular complexity index is 805. The molecule has 26 heavy (non-hydrogen) atoms. The van der Waals surface area contributed by atoms with Gasteiger partial charge in [-0.3, -0.25) is 19.4 Å². The quantitative estimate of drug-likeness (QED) is 0.719. The minimum atomic E-state index is -0.397. The van der Waals surface area contributed by atoms with Crippen LogP contribution in [0, 0.1) is 0 Å². The van der Waals surface area contributed by atoms with Gasteiger partial charge in [0.1, 0.15) is 5.69 Å². The Morgan fingerprint density at radius 1 is 1.00 bits per heavy atom. The maximum absolute atomic E-state index is 12.6. The molecular weight excluding hydrogens is 352 g/mol. The first-order chi connectivity index (χ1) is 12.5. The number of anilines is 1. The standard InChI is InChI=1S/C18H20N4O3S/c1-19-16(23)12-7-13(17(24)20-2)9-14(8-12)22-18(25)15-11(10-26-3)5-4-6-21-15/h4-9H,10H2,1-3H3,(H,19,23)(H,20,24)(H,22,25). The van der Waals surface area contributed by atoms with E-state index in [2.05, 4.69) is 20.9 Å². The van der Waals surface area contributed by atoms with Crippen LogP contribution in [0.4, 0.5) is 5.69 Å². The van der Waals surface area contributed by atoms with Gasteiger partial charge in [0.05, 0.1) is 0 Å². The van der Waals surface area contributed by atoms with E-state index in [1.54, 1.807) is 24.0 Å². The number of rotatable bonds is 6. The molecule has 0 saturated heterocycles. The largest absolute Gasteiger partial charge is 0.355 e. The zero-order chi connectivity index (χ0) is 19.1. The Balaban J connectivity index is 2.37. The summed E-state index contributed by atoms with van der Waals surface area (Å²) in [6.07, 6.45) is 3.49. The molecule has 1 aromatic carbocycles. The van der Waals surface area contributed by atoms with Crippen molar-refractivity contribution < 1.29 is 14.4 Å². The van der Waals surface area contributed by atoms with Crippen LogP contribution in [0.3, 0.4) is 0 Å². The third-order valence-corrected chi connectivity index (χ3v) is 4.18. The lowest BCUT2D eigenvalue weighted by atomic mass is 10.1. The molecule has 7 nitrogen and oxygen atoms in total. The van der Waals surface area contributed by atoms with Crippen molar-refractivity contribution in [2.24, 2.45) is 0 Å². The van der Waals surface area contributed by atoms with E-state index in [-0.39, 0.29) is 22.9 Å². The molecule has 0 unspecified atom stereocenters. The first kappa shape index (κ1) is 19.5. The molecule has 3 N–H and O–H groups in total. The molecule has 0 aliphatic carbocycles. The Hall–Kier alpha value is -2.87. The molecule has 0 fully saturated rings. The number of aromatic nitrogens is 1. The lowest BCUT2D eigenvalue weighted by Gasteiger charge is -2.11. The number of carbonyl (C=O) groups is 3. The van der Waals surface area contributed by atoms with E-state index in [4.69, 9.17) is 0 Å². The minimum absolute atomic E-state index is 0.272. The first-order valence-corrected chi connectivity index (χ1v) is 9.23. The molecule has 0 bridgehead atoms. The van der Waals surface area contributed by atoms with Gasteiger partial charge in [-0.2, -0.15) is 11.8 Å². The van der Waals surface area contributed by atoms with Crippen LogP contribution in [0.2, 0.25) is 0 Å². The van der Waals surface area contributed by atoms with Crippen molar-refractivity contribution in [3.05, 3.63) is 58.9 Å². The Kier molecular flexibility index (Phi) is 6.74. The van der Waals surface area contributed by atoms with Gasteiger partial charge in [-0.25, -0.2) is 0 Å². The highest BCUT2D eigenvalue weighted by molar-refractivity contribution is 7.97. The molecule has 1 heterocycles. The normalized spacial score (nSPS) is 10.1. The van der Waals surface area contributed by atoms with Crippen molar-refractivity contribution in [3.8, 4) is 0 Å². The predicted molar refractivity (Wildman–Crippen MR) is 103 cm³/mol. The fourth-order valence-corrected chi connectivity index (χ4v) is 2.90. The topological polar surface area (TPSA) is 100 Å². The van der Waals surface area contributed by atoms with Crippen molar-refractivity contribution in [3.63, 3.8) is 0 Å². The molecule has 0 aliphatic rings. The predicted octanol–water partition coefficient (Wildman–Crippen LogP) is 1.92. The number of pyridine rings is 1. The Labute approximate surface area is 156 Å². The van der Waals surface area contributed by atoms with Crippen molar-refractivity contribution >= 4 is 35.2 Å². The van der Waals surface area contributed by atoms with Crippen LogP contribution in [-0.2, 0) is 5.75 Å². The molecular formula is C18H20N4O3S. The molecule has 0 radical (unpaired) electrons. The zero-order valence-corrected chi connectivity index (χ0v) is 15.6. The monoisotopic (exact) mass is 372 g/mol. The number of nitrogens with zero attached hydrogens (tertiary/aromatic N) is 1. The Morgan fingerprint density at radius 2 is 1.62 bits per heavy atom. The van der Waals surface area contributed by atoms with Gasteiger partial charge in [0.15, 0.2) is 0 Å². The summed E-state index contributed by atoms with van der Waals surface area (Å²) < 4.78 is 0. The highest BCUT2D eigenvalue weighted by atomic mass is 32.2. The van der Waals surface area contributed by atoms with Gasteiger partial charge in [0.2, 0.25) is 0 Å². The zero-order valence-electron chi connectivity index (χ0n) is 14.8. The van der Waals surface area contributed by atoms with Crippen LogP contribution in [0.5, 0.6) is 0 Å². The summed E-state index contributed by atoms with van der Waals surface area (Å²) in [5.74, 6) is -0.455. The van der Waals surface area contributed by atoms with Gasteiger partial charge in [-0.15, -0.1) is 0 Å². The first-order valence-electron chi connectivity index (χ1n) is 7.83. The highest BCUT2D eigenvalue weighted by Crippen LogP contribution is 2.18. The van der Waals surface area contributed by atoms with Crippen LogP contribution in [0.25, 0.3) is 0 Å². The fraction of sp³-hybridized carbons (Fsp3) is 0.222. The average Bonchev–Trinajstić information content (AvgIpc) is 2.67. The third-order valence-electron chi connectivity index (χ3n) is 3.58. The highest BCUT2D eigenvalue weighted by Gasteiger charge is 2.16. The maximum atomic E-state index is 12.6.